The molecule has 0 spiro atoms. The Morgan fingerprint density at radius 3 is 2.76 bits per heavy atom. The van der Waals surface area contributed by atoms with Crippen molar-refractivity contribution in [2.24, 2.45) is 11.7 Å². The molecule has 0 aliphatic carbocycles. The molecule has 0 aliphatic heterocycles. The summed E-state index contributed by atoms with van der Waals surface area (Å²) in [5.41, 5.74) is 7.89. The van der Waals surface area contributed by atoms with Crippen molar-refractivity contribution < 1.29 is 4.52 Å². The molecular formula is C12H16N4O. The van der Waals surface area contributed by atoms with E-state index in [2.05, 4.69) is 15.1 Å². The lowest BCUT2D eigenvalue weighted by atomic mass is 10.1. The second-order valence-corrected chi connectivity index (χ2v) is 4.42. The van der Waals surface area contributed by atoms with Gasteiger partial charge in [-0.3, -0.25) is 4.98 Å². The van der Waals surface area contributed by atoms with E-state index in [0.717, 1.165) is 11.1 Å². The molecule has 2 aromatic heterocycles. The maximum absolute atomic E-state index is 5.96. The van der Waals surface area contributed by atoms with Gasteiger partial charge in [0.25, 0.3) is 0 Å². The summed E-state index contributed by atoms with van der Waals surface area (Å²) in [7, 11) is 0. The Labute approximate surface area is 100 Å². The van der Waals surface area contributed by atoms with E-state index in [1.807, 2.05) is 26.8 Å². The Morgan fingerprint density at radius 1 is 1.35 bits per heavy atom. The zero-order chi connectivity index (χ0) is 12.4. The van der Waals surface area contributed by atoms with Gasteiger partial charge >= 0.3 is 0 Å². The third-order valence-electron chi connectivity index (χ3n) is 2.71. The van der Waals surface area contributed by atoms with Crippen LogP contribution < -0.4 is 5.73 Å². The second-order valence-electron chi connectivity index (χ2n) is 4.42. The topological polar surface area (TPSA) is 77.8 Å². The number of aryl methyl sites for hydroxylation is 1. The van der Waals surface area contributed by atoms with Crippen LogP contribution in [-0.4, -0.2) is 15.1 Å². The summed E-state index contributed by atoms with van der Waals surface area (Å²) in [5.74, 6) is 1.31. The summed E-state index contributed by atoms with van der Waals surface area (Å²) in [5, 5.41) is 3.96. The predicted octanol–water partition coefficient (Wildman–Crippen LogP) is 2.10. The fourth-order valence-electron chi connectivity index (χ4n) is 1.49. The Morgan fingerprint density at radius 2 is 2.12 bits per heavy atom. The Kier molecular flexibility index (Phi) is 3.19. The predicted molar refractivity (Wildman–Crippen MR) is 64.0 cm³/mol. The fraction of sp³-hybridized carbons (Fsp3) is 0.417. The van der Waals surface area contributed by atoms with Crippen LogP contribution in [0.3, 0.4) is 0 Å². The molecule has 0 radical (unpaired) electrons. The maximum Gasteiger partial charge on any atom is 0.244 e. The van der Waals surface area contributed by atoms with Crippen molar-refractivity contribution in [1.29, 1.82) is 0 Å². The summed E-state index contributed by atoms with van der Waals surface area (Å²) in [4.78, 5) is 8.36. The number of hydrogen-bond donors (Lipinski definition) is 1. The maximum atomic E-state index is 5.96. The van der Waals surface area contributed by atoms with Gasteiger partial charge in [0, 0.05) is 18.0 Å². The van der Waals surface area contributed by atoms with Crippen molar-refractivity contribution >= 4 is 0 Å². The first-order chi connectivity index (χ1) is 8.09. The van der Waals surface area contributed by atoms with Crippen molar-refractivity contribution in [3.05, 3.63) is 29.9 Å². The minimum Gasteiger partial charge on any atom is -0.337 e. The van der Waals surface area contributed by atoms with Crippen LogP contribution in [0.25, 0.3) is 11.4 Å². The SMILES string of the molecule is Cc1cnccc1-c1noc(C(N)C(C)C)n1. The van der Waals surface area contributed by atoms with Crippen LogP contribution in [0.5, 0.6) is 0 Å². The van der Waals surface area contributed by atoms with Crippen molar-refractivity contribution in [2.45, 2.75) is 26.8 Å². The Balaban J connectivity index is 2.34. The number of aromatic nitrogens is 3. The summed E-state index contributed by atoms with van der Waals surface area (Å²) in [6, 6.07) is 1.64. The van der Waals surface area contributed by atoms with E-state index in [1.165, 1.54) is 0 Å². The molecule has 0 aliphatic rings. The highest BCUT2D eigenvalue weighted by Gasteiger charge is 2.19. The van der Waals surface area contributed by atoms with Gasteiger partial charge < -0.3 is 10.3 Å². The molecule has 0 fully saturated rings. The molecule has 0 amide bonds. The van der Waals surface area contributed by atoms with Gasteiger partial charge in [0.15, 0.2) is 0 Å². The number of hydrogen-bond acceptors (Lipinski definition) is 5. The lowest BCUT2D eigenvalue weighted by molar-refractivity contribution is 0.325. The van der Waals surface area contributed by atoms with Gasteiger partial charge in [-0.1, -0.05) is 19.0 Å². The summed E-state index contributed by atoms with van der Waals surface area (Å²) < 4.78 is 5.19. The van der Waals surface area contributed by atoms with E-state index in [0.29, 0.717) is 11.7 Å². The lowest BCUT2D eigenvalue weighted by Gasteiger charge is -2.09. The molecular weight excluding hydrogens is 216 g/mol. The van der Waals surface area contributed by atoms with Gasteiger partial charge in [-0.25, -0.2) is 0 Å². The molecule has 0 aromatic carbocycles. The van der Waals surface area contributed by atoms with Gasteiger partial charge in [-0.15, -0.1) is 0 Å². The molecule has 2 N–H and O–H groups in total. The normalized spacial score (nSPS) is 13.0. The molecule has 90 valence electrons. The Bertz CT molecular complexity index is 507. The van der Waals surface area contributed by atoms with Crippen molar-refractivity contribution in [1.82, 2.24) is 15.1 Å². The standard InChI is InChI=1S/C12H16N4O/c1-7(2)10(13)12-15-11(16-17-12)9-4-5-14-6-8(9)3/h4-7,10H,13H2,1-3H3. The zero-order valence-corrected chi connectivity index (χ0v) is 10.2. The van der Waals surface area contributed by atoms with E-state index in [-0.39, 0.29) is 12.0 Å². The summed E-state index contributed by atoms with van der Waals surface area (Å²) in [6.07, 6.45) is 3.48. The van der Waals surface area contributed by atoms with Crippen LogP contribution in [0.15, 0.2) is 23.0 Å². The minimum atomic E-state index is -0.224. The molecule has 0 bridgehead atoms. The molecule has 2 heterocycles. The van der Waals surface area contributed by atoms with Crippen molar-refractivity contribution in [2.75, 3.05) is 0 Å². The zero-order valence-electron chi connectivity index (χ0n) is 10.2. The molecule has 2 aromatic rings. The second kappa shape index (κ2) is 4.63. The molecule has 0 saturated carbocycles. The first-order valence-electron chi connectivity index (χ1n) is 5.59. The number of rotatable bonds is 3. The molecule has 5 nitrogen and oxygen atoms in total. The number of nitrogens with zero attached hydrogens (tertiary/aromatic N) is 3. The van der Waals surface area contributed by atoms with Crippen LogP contribution in [0.2, 0.25) is 0 Å². The highest BCUT2D eigenvalue weighted by molar-refractivity contribution is 5.57. The minimum absolute atomic E-state index is 0.224. The van der Waals surface area contributed by atoms with E-state index in [4.69, 9.17) is 10.3 Å². The smallest absolute Gasteiger partial charge is 0.244 e. The summed E-state index contributed by atoms with van der Waals surface area (Å²) >= 11 is 0. The number of pyridine rings is 1. The van der Waals surface area contributed by atoms with Gasteiger partial charge in [0.05, 0.1) is 6.04 Å². The van der Waals surface area contributed by atoms with Crippen LogP contribution in [0.4, 0.5) is 0 Å². The highest BCUT2D eigenvalue weighted by atomic mass is 16.5. The van der Waals surface area contributed by atoms with E-state index in [1.54, 1.807) is 12.4 Å². The first-order valence-corrected chi connectivity index (χ1v) is 5.59. The molecule has 1 atom stereocenters. The van der Waals surface area contributed by atoms with Gasteiger partial charge in [-0.2, -0.15) is 4.98 Å². The van der Waals surface area contributed by atoms with Crippen molar-refractivity contribution in [3.8, 4) is 11.4 Å². The van der Waals surface area contributed by atoms with Crippen LogP contribution in [0, 0.1) is 12.8 Å². The van der Waals surface area contributed by atoms with E-state index in [9.17, 15) is 0 Å². The largest absolute Gasteiger partial charge is 0.337 e. The lowest BCUT2D eigenvalue weighted by Crippen LogP contribution is -2.16. The van der Waals surface area contributed by atoms with Gasteiger partial charge in [-0.05, 0) is 24.5 Å². The van der Waals surface area contributed by atoms with Crippen molar-refractivity contribution in [3.63, 3.8) is 0 Å². The number of nitrogens with two attached hydrogens (primary N) is 1. The van der Waals surface area contributed by atoms with E-state index < -0.39 is 0 Å². The highest BCUT2D eigenvalue weighted by Crippen LogP contribution is 2.22. The van der Waals surface area contributed by atoms with Gasteiger partial charge in [0.2, 0.25) is 11.7 Å². The average Bonchev–Trinajstić information content (AvgIpc) is 2.77. The Hall–Kier alpha value is -1.75. The van der Waals surface area contributed by atoms with Crippen LogP contribution in [0.1, 0.15) is 31.3 Å². The quantitative estimate of drug-likeness (QED) is 0.876. The molecule has 1 unspecified atom stereocenters. The van der Waals surface area contributed by atoms with E-state index >= 15 is 0 Å². The molecule has 2 rings (SSSR count). The monoisotopic (exact) mass is 232 g/mol. The van der Waals surface area contributed by atoms with Crippen LogP contribution in [-0.2, 0) is 0 Å². The van der Waals surface area contributed by atoms with Crippen LogP contribution >= 0.6 is 0 Å². The first kappa shape index (κ1) is 11.7. The summed E-state index contributed by atoms with van der Waals surface area (Å²) in [6.45, 7) is 6.00. The molecule has 5 heteroatoms. The van der Waals surface area contributed by atoms with Gasteiger partial charge in [0.1, 0.15) is 0 Å². The third-order valence-corrected chi connectivity index (χ3v) is 2.71. The molecule has 17 heavy (non-hydrogen) atoms. The average molecular weight is 232 g/mol. The third kappa shape index (κ3) is 2.34. The molecule has 0 saturated heterocycles. The fourth-order valence-corrected chi connectivity index (χ4v) is 1.49.